The van der Waals surface area contributed by atoms with Gasteiger partial charge in [0.2, 0.25) is 5.91 Å². The highest BCUT2D eigenvalue weighted by Gasteiger charge is 2.20. The highest BCUT2D eigenvalue weighted by molar-refractivity contribution is 5.77. The van der Waals surface area contributed by atoms with Crippen LogP contribution >= 0.6 is 0 Å². The molecule has 1 atom stereocenters. The Morgan fingerprint density at radius 3 is 2.55 bits per heavy atom. The molecule has 1 aromatic rings. The number of carbonyl (C=O) groups is 2. The molecule has 1 aromatic carbocycles. The topological polar surface area (TPSA) is 77.8 Å². The fourth-order valence-corrected chi connectivity index (χ4v) is 2.12. The molecule has 0 saturated heterocycles. The maximum atomic E-state index is 13.1. The minimum atomic E-state index is -1.11. The molecule has 0 aliphatic carbocycles. The van der Waals surface area contributed by atoms with Crippen molar-refractivity contribution in [1.29, 1.82) is 0 Å². The van der Waals surface area contributed by atoms with Crippen molar-refractivity contribution in [3.05, 3.63) is 35.6 Å². The number of carboxylic acids is 1. The van der Waals surface area contributed by atoms with Crippen molar-refractivity contribution in [1.82, 2.24) is 4.90 Å². The monoisotopic (exact) mass is 311 g/mol. The number of hydrogen-bond acceptors (Lipinski definition) is 3. The van der Waals surface area contributed by atoms with Gasteiger partial charge in [0, 0.05) is 13.1 Å². The van der Waals surface area contributed by atoms with Gasteiger partial charge in [-0.25, -0.2) is 4.39 Å². The van der Waals surface area contributed by atoms with E-state index in [4.69, 9.17) is 5.11 Å². The second-order valence-electron chi connectivity index (χ2n) is 5.65. The fraction of sp³-hybridized carbons (Fsp3) is 0.500. The van der Waals surface area contributed by atoms with E-state index in [2.05, 4.69) is 0 Å². The molecule has 0 bridgehead atoms. The smallest absolute Gasteiger partial charge is 0.305 e. The number of nitrogens with zero attached hydrogens (tertiary/aromatic N) is 1. The molecule has 2 N–H and O–H groups in total. The molecule has 1 amide bonds. The van der Waals surface area contributed by atoms with E-state index in [1.165, 1.54) is 23.1 Å². The van der Waals surface area contributed by atoms with Crippen LogP contribution in [0.2, 0.25) is 0 Å². The lowest BCUT2D eigenvalue weighted by molar-refractivity contribution is -0.139. The van der Waals surface area contributed by atoms with Gasteiger partial charge < -0.3 is 15.1 Å². The normalized spacial score (nSPS) is 12.2. The van der Waals surface area contributed by atoms with Crippen molar-refractivity contribution >= 4 is 11.9 Å². The van der Waals surface area contributed by atoms with E-state index in [-0.39, 0.29) is 31.2 Å². The van der Waals surface area contributed by atoms with Crippen LogP contribution in [-0.2, 0) is 9.59 Å². The van der Waals surface area contributed by atoms with Crippen molar-refractivity contribution < 1.29 is 24.2 Å². The van der Waals surface area contributed by atoms with E-state index in [0.29, 0.717) is 12.1 Å². The molecular formula is C16H22FNO4. The fourth-order valence-electron chi connectivity index (χ4n) is 2.12. The van der Waals surface area contributed by atoms with Gasteiger partial charge in [-0.2, -0.15) is 0 Å². The first kappa shape index (κ1) is 18.1. The number of halogens is 1. The average molecular weight is 311 g/mol. The van der Waals surface area contributed by atoms with Gasteiger partial charge >= 0.3 is 5.97 Å². The molecule has 0 aromatic heterocycles. The molecule has 0 heterocycles. The van der Waals surface area contributed by atoms with Gasteiger partial charge in [0.1, 0.15) is 5.82 Å². The Morgan fingerprint density at radius 2 is 2.00 bits per heavy atom. The standard InChI is InChI=1S/C16H22FNO4/c1-11(2)10-18(7-6-16(21)22)15(20)9-14(19)12-4-3-5-13(17)8-12/h3-5,8,11,14,19H,6-7,9-10H2,1-2H3,(H,21,22). The summed E-state index contributed by atoms with van der Waals surface area (Å²) in [5.74, 6) is -1.61. The largest absolute Gasteiger partial charge is 0.481 e. The Kier molecular flexibility index (Phi) is 6.98. The SMILES string of the molecule is CC(C)CN(CCC(=O)O)C(=O)CC(O)c1cccc(F)c1. The lowest BCUT2D eigenvalue weighted by Gasteiger charge is -2.25. The summed E-state index contributed by atoms with van der Waals surface area (Å²) in [6.07, 6.45) is -1.45. The van der Waals surface area contributed by atoms with Crippen molar-refractivity contribution in [2.75, 3.05) is 13.1 Å². The van der Waals surface area contributed by atoms with E-state index in [1.54, 1.807) is 6.07 Å². The third-order valence-electron chi connectivity index (χ3n) is 3.14. The van der Waals surface area contributed by atoms with Gasteiger partial charge in [0.25, 0.3) is 0 Å². The first-order chi connectivity index (χ1) is 10.3. The number of carbonyl (C=O) groups excluding carboxylic acids is 1. The van der Waals surface area contributed by atoms with E-state index >= 15 is 0 Å². The van der Waals surface area contributed by atoms with E-state index in [9.17, 15) is 19.1 Å². The Balaban J connectivity index is 2.70. The van der Waals surface area contributed by atoms with Crippen LogP contribution in [0.1, 0.15) is 38.4 Å². The highest BCUT2D eigenvalue weighted by Crippen LogP contribution is 2.19. The summed E-state index contributed by atoms with van der Waals surface area (Å²) < 4.78 is 13.1. The van der Waals surface area contributed by atoms with Gasteiger partial charge in [-0.1, -0.05) is 26.0 Å². The minimum absolute atomic E-state index is 0.0994. The molecule has 0 aliphatic rings. The van der Waals surface area contributed by atoms with Gasteiger partial charge in [0.15, 0.2) is 0 Å². The van der Waals surface area contributed by atoms with Crippen LogP contribution in [-0.4, -0.2) is 40.1 Å². The third kappa shape index (κ3) is 6.22. The molecule has 5 nitrogen and oxygen atoms in total. The second kappa shape index (κ2) is 8.48. The zero-order valence-corrected chi connectivity index (χ0v) is 12.8. The number of carboxylic acid groups (broad SMARTS) is 1. The molecule has 0 radical (unpaired) electrons. The van der Waals surface area contributed by atoms with Crippen LogP contribution in [0.4, 0.5) is 4.39 Å². The van der Waals surface area contributed by atoms with Crippen LogP contribution in [0, 0.1) is 11.7 Å². The maximum absolute atomic E-state index is 13.1. The van der Waals surface area contributed by atoms with Crippen molar-refractivity contribution in [3.63, 3.8) is 0 Å². The van der Waals surface area contributed by atoms with E-state index < -0.39 is 17.9 Å². The van der Waals surface area contributed by atoms with Crippen LogP contribution in [0.3, 0.4) is 0 Å². The molecule has 1 unspecified atom stereocenters. The number of aliphatic carboxylic acids is 1. The summed E-state index contributed by atoms with van der Waals surface area (Å²) in [6, 6.07) is 5.46. The highest BCUT2D eigenvalue weighted by atomic mass is 19.1. The van der Waals surface area contributed by atoms with E-state index in [0.717, 1.165) is 0 Å². The number of aliphatic hydroxyl groups is 1. The van der Waals surface area contributed by atoms with Gasteiger partial charge in [0.05, 0.1) is 18.9 Å². The summed E-state index contributed by atoms with van der Waals surface area (Å²) >= 11 is 0. The second-order valence-corrected chi connectivity index (χ2v) is 5.65. The van der Waals surface area contributed by atoms with Gasteiger partial charge in [-0.3, -0.25) is 9.59 Å². The van der Waals surface area contributed by atoms with E-state index in [1.807, 2.05) is 13.8 Å². The number of hydrogen-bond donors (Lipinski definition) is 2. The molecule has 0 spiro atoms. The Labute approximate surface area is 129 Å². The predicted molar refractivity (Wildman–Crippen MR) is 79.6 cm³/mol. The maximum Gasteiger partial charge on any atom is 0.305 e. The molecule has 0 aliphatic heterocycles. The Bertz CT molecular complexity index is 519. The summed E-state index contributed by atoms with van der Waals surface area (Å²) in [5, 5.41) is 18.8. The van der Waals surface area contributed by atoms with Crippen molar-refractivity contribution in [2.45, 2.75) is 32.8 Å². The van der Waals surface area contributed by atoms with Crippen LogP contribution in [0.15, 0.2) is 24.3 Å². The lowest BCUT2D eigenvalue weighted by Crippen LogP contribution is -2.36. The number of amides is 1. The van der Waals surface area contributed by atoms with Gasteiger partial charge in [-0.15, -0.1) is 0 Å². The van der Waals surface area contributed by atoms with Crippen LogP contribution in [0.5, 0.6) is 0 Å². The molecule has 6 heteroatoms. The summed E-state index contributed by atoms with van der Waals surface area (Å²) in [5.41, 5.74) is 0.330. The third-order valence-corrected chi connectivity index (χ3v) is 3.14. The molecule has 0 fully saturated rings. The first-order valence-electron chi connectivity index (χ1n) is 7.22. The van der Waals surface area contributed by atoms with Crippen LogP contribution in [0.25, 0.3) is 0 Å². The quantitative estimate of drug-likeness (QED) is 0.771. The van der Waals surface area contributed by atoms with Crippen molar-refractivity contribution in [2.24, 2.45) is 5.92 Å². The van der Waals surface area contributed by atoms with Gasteiger partial charge in [-0.05, 0) is 23.6 Å². The van der Waals surface area contributed by atoms with Crippen molar-refractivity contribution in [3.8, 4) is 0 Å². The minimum Gasteiger partial charge on any atom is -0.481 e. The molecule has 1 rings (SSSR count). The summed E-state index contributed by atoms with van der Waals surface area (Å²) in [7, 11) is 0. The van der Waals surface area contributed by atoms with Crippen LogP contribution < -0.4 is 0 Å². The average Bonchev–Trinajstić information content (AvgIpc) is 2.42. The first-order valence-corrected chi connectivity index (χ1v) is 7.22. The zero-order chi connectivity index (χ0) is 16.7. The molecule has 22 heavy (non-hydrogen) atoms. The molecule has 0 saturated carbocycles. The number of aliphatic hydroxyl groups excluding tert-OH is 1. The summed E-state index contributed by atoms with van der Waals surface area (Å²) in [4.78, 5) is 24.3. The predicted octanol–water partition coefficient (Wildman–Crippen LogP) is 2.21. The summed E-state index contributed by atoms with van der Waals surface area (Å²) in [6.45, 7) is 4.36. The lowest BCUT2D eigenvalue weighted by atomic mass is 10.1. The Morgan fingerprint density at radius 1 is 1.32 bits per heavy atom. The molecular weight excluding hydrogens is 289 g/mol. The molecule has 122 valence electrons. The zero-order valence-electron chi connectivity index (χ0n) is 12.8. The Hall–Kier alpha value is -1.95. The number of benzene rings is 1. The number of rotatable bonds is 8.